The van der Waals surface area contributed by atoms with Gasteiger partial charge in [-0.2, -0.15) is 5.26 Å². The Morgan fingerprint density at radius 2 is 2.29 bits per heavy atom. The van der Waals surface area contributed by atoms with Crippen molar-refractivity contribution in [3.05, 3.63) is 28.1 Å². The van der Waals surface area contributed by atoms with E-state index in [0.29, 0.717) is 15.7 Å². The quantitative estimate of drug-likeness (QED) is 0.776. The minimum absolute atomic E-state index is 0.436. The van der Waals surface area contributed by atoms with Gasteiger partial charge in [0.2, 0.25) is 0 Å². The molecule has 2 rings (SSSR count). The lowest BCUT2D eigenvalue weighted by molar-refractivity contribution is 1.17. The molecule has 0 aliphatic rings. The zero-order valence-corrected chi connectivity index (χ0v) is 9.04. The third-order valence-electron chi connectivity index (χ3n) is 1.96. The molecule has 5 heteroatoms. The summed E-state index contributed by atoms with van der Waals surface area (Å²) >= 11 is 3.33. The first-order valence-corrected chi connectivity index (χ1v) is 4.76. The minimum atomic E-state index is 0.436. The zero-order valence-electron chi connectivity index (χ0n) is 7.45. The van der Waals surface area contributed by atoms with Gasteiger partial charge in [-0.15, -0.1) is 0 Å². The molecule has 0 saturated heterocycles. The fourth-order valence-corrected chi connectivity index (χ4v) is 1.82. The number of pyridine rings is 1. The number of nitrogens with zero attached hydrogens (tertiary/aromatic N) is 3. The van der Waals surface area contributed by atoms with Crippen molar-refractivity contribution in [1.82, 2.24) is 9.38 Å². The first kappa shape index (κ1) is 9.03. The third-order valence-corrected chi connectivity index (χ3v) is 2.75. The van der Waals surface area contributed by atoms with Crippen LogP contribution in [0, 0.1) is 18.3 Å². The van der Waals surface area contributed by atoms with E-state index in [-0.39, 0.29) is 0 Å². The van der Waals surface area contributed by atoms with Gasteiger partial charge in [0.1, 0.15) is 6.07 Å². The Morgan fingerprint density at radius 3 is 2.93 bits per heavy atom. The highest BCUT2D eigenvalue weighted by molar-refractivity contribution is 9.10. The molecule has 0 bridgehead atoms. The van der Waals surface area contributed by atoms with Gasteiger partial charge in [-0.1, -0.05) is 0 Å². The summed E-state index contributed by atoms with van der Waals surface area (Å²) in [5.74, 6) is 0. The van der Waals surface area contributed by atoms with E-state index in [9.17, 15) is 0 Å². The Labute approximate surface area is 89.1 Å². The Kier molecular flexibility index (Phi) is 1.93. The van der Waals surface area contributed by atoms with Crippen LogP contribution in [-0.4, -0.2) is 9.38 Å². The molecule has 4 nitrogen and oxygen atoms in total. The Morgan fingerprint density at radius 1 is 1.57 bits per heavy atom. The number of nitriles is 1. The molecule has 2 aromatic rings. The second-order valence-corrected chi connectivity index (χ2v) is 3.79. The second-order valence-electron chi connectivity index (χ2n) is 3.00. The molecule has 0 amide bonds. The SMILES string of the molecule is Cc1cn2cc(C#N)c(N)c(Br)c2n1. The van der Waals surface area contributed by atoms with Gasteiger partial charge in [-0.3, -0.25) is 0 Å². The Hall–Kier alpha value is -1.54. The number of fused-ring (bicyclic) bond motifs is 1. The van der Waals surface area contributed by atoms with E-state index in [1.165, 1.54) is 0 Å². The van der Waals surface area contributed by atoms with Gasteiger partial charge in [0.05, 0.1) is 21.4 Å². The highest BCUT2D eigenvalue weighted by Gasteiger charge is 2.10. The average molecular weight is 251 g/mol. The van der Waals surface area contributed by atoms with E-state index >= 15 is 0 Å². The summed E-state index contributed by atoms with van der Waals surface area (Å²) in [6, 6.07) is 2.03. The summed E-state index contributed by atoms with van der Waals surface area (Å²) in [5.41, 5.74) is 8.25. The number of aryl methyl sites for hydroxylation is 1. The molecule has 0 aliphatic carbocycles. The molecule has 2 aromatic heterocycles. The summed E-state index contributed by atoms with van der Waals surface area (Å²) in [6.45, 7) is 1.89. The Balaban J connectivity index is 2.92. The van der Waals surface area contributed by atoms with Crippen LogP contribution in [0.3, 0.4) is 0 Å². The van der Waals surface area contributed by atoms with Gasteiger partial charge in [0.25, 0.3) is 0 Å². The number of anilines is 1. The molecule has 0 fully saturated rings. The van der Waals surface area contributed by atoms with Gasteiger partial charge in [0, 0.05) is 12.4 Å². The van der Waals surface area contributed by atoms with Gasteiger partial charge < -0.3 is 10.1 Å². The van der Waals surface area contributed by atoms with Crippen LogP contribution < -0.4 is 5.73 Å². The standard InChI is InChI=1S/C9H7BrN4/c1-5-3-14-4-6(2-11)8(12)7(10)9(14)13-5/h3-4H,12H2,1H3. The number of nitrogens with two attached hydrogens (primary N) is 1. The molecule has 70 valence electrons. The summed E-state index contributed by atoms with van der Waals surface area (Å²) in [6.07, 6.45) is 3.52. The number of hydrogen-bond donors (Lipinski definition) is 1. The largest absolute Gasteiger partial charge is 0.397 e. The molecule has 0 atom stereocenters. The number of aromatic nitrogens is 2. The lowest BCUT2D eigenvalue weighted by Gasteiger charge is -2.02. The smallest absolute Gasteiger partial charge is 0.153 e. The second kappa shape index (κ2) is 3.00. The molecule has 0 radical (unpaired) electrons. The van der Waals surface area contributed by atoms with Crippen LogP contribution in [0.15, 0.2) is 16.9 Å². The highest BCUT2D eigenvalue weighted by atomic mass is 79.9. The summed E-state index contributed by atoms with van der Waals surface area (Å²) in [7, 11) is 0. The van der Waals surface area contributed by atoms with Gasteiger partial charge in [0.15, 0.2) is 5.65 Å². The fourth-order valence-electron chi connectivity index (χ4n) is 1.31. The van der Waals surface area contributed by atoms with Crippen LogP contribution in [0.4, 0.5) is 5.69 Å². The maximum absolute atomic E-state index is 8.82. The average Bonchev–Trinajstić information content (AvgIpc) is 2.52. The van der Waals surface area contributed by atoms with E-state index < -0.39 is 0 Å². The van der Waals surface area contributed by atoms with Gasteiger partial charge in [-0.25, -0.2) is 4.98 Å². The van der Waals surface area contributed by atoms with Crippen LogP contribution in [-0.2, 0) is 0 Å². The summed E-state index contributed by atoms with van der Waals surface area (Å²) in [5, 5.41) is 8.82. The molecule has 2 N–H and O–H groups in total. The van der Waals surface area contributed by atoms with Crippen LogP contribution in [0.2, 0.25) is 0 Å². The molecule has 0 saturated carbocycles. The normalized spacial score (nSPS) is 10.4. The number of rotatable bonds is 0. The molecule has 0 unspecified atom stereocenters. The molecule has 14 heavy (non-hydrogen) atoms. The van der Waals surface area contributed by atoms with Crippen molar-refractivity contribution in [3.63, 3.8) is 0 Å². The maximum Gasteiger partial charge on any atom is 0.153 e. The van der Waals surface area contributed by atoms with Crippen LogP contribution in [0.5, 0.6) is 0 Å². The van der Waals surface area contributed by atoms with Crippen molar-refractivity contribution < 1.29 is 0 Å². The van der Waals surface area contributed by atoms with Crippen LogP contribution in [0.25, 0.3) is 5.65 Å². The lowest BCUT2D eigenvalue weighted by Crippen LogP contribution is -1.96. The highest BCUT2D eigenvalue weighted by Crippen LogP contribution is 2.27. The van der Waals surface area contributed by atoms with Crippen molar-refractivity contribution in [1.29, 1.82) is 5.26 Å². The van der Waals surface area contributed by atoms with Crippen molar-refractivity contribution >= 4 is 27.3 Å². The van der Waals surface area contributed by atoms with E-state index in [1.54, 1.807) is 10.6 Å². The monoisotopic (exact) mass is 250 g/mol. The van der Waals surface area contributed by atoms with Crippen molar-refractivity contribution in [2.24, 2.45) is 0 Å². The topological polar surface area (TPSA) is 67.1 Å². The molecule has 0 aromatic carbocycles. The van der Waals surface area contributed by atoms with E-state index in [0.717, 1.165) is 11.3 Å². The fraction of sp³-hybridized carbons (Fsp3) is 0.111. The van der Waals surface area contributed by atoms with Crippen molar-refractivity contribution in [2.75, 3.05) is 5.73 Å². The summed E-state index contributed by atoms with van der Waals surface area (Å²) < 4.78 is 2.46. The summed E-state index contributed by atoms with van der Waals surface area (Å²) in [4.78, 5) is 4.28. The van der Waals surface area contributed by atoms with Crippen LogP contribution >= 0.6 is 15.9 Å². The van der Waals surface area contributed by atoms with Crippen molar-refractivity contribution in [2.45, 2.75) is 6.92 Å². The number of nitrogen functional groups attached to an aromatic ring is 1. The Bertz CT molecular complexity index is 550. The third kappa shape index (κ3) is 1.16. The predicted octanol–water partition coefficient (Wildman–Crippen LogP) is 1.86. The van der Waals surface area contributed by atoms with E-state index in [1.807, 2.05) is 19.2 Å². The molecule has 0 spiro atoms. The first-order valence-electron chi connectivity index (χ1n) is 3.97. The minimum Gasteiger partial charge on any atom is -0.397 e. The zero-order chi connectivity index (χ0) is 10.3. The van der Waals surface area contributed by atoms with E-state index in [4.69, 9.17) is 11.0 Å². The first-order chi connectivity index (χ1) is 6.63. The molecular weight excluding hydrogens is 244 g/mol. The van der Waals surface area contributed by atoms with Crippen LogP contribution in [0.1, 0.15) is 11.3 Å². The molecule has 0 aliphatic heterocycles. The van der Waals surface area contributed by atoms with Gasteiger partial charge >= 0.3 is 0 Å². The maximum atomic E-state index is 8.82. The van der Waals surface area contributed by atoms with Crippen molar-refractivity contribution in [3.8, 4) is 6.07 Å². The predicted molar refractivity (Wildman–Crippen MR) is 56.8 cm³/mol. The molecule has 2 heterocycles. The molecular formula is C9H7BrN4. The van der Waals surface area contributed by atoms with E-state index in [2.05, 4.69) is 20.9 Å². The van der Waals surface area contributed by atoms with Gasteiger partial charge in [-0.05, 0) is 22.9 Å². The lowest BCUT2D eigenvalue weighted by atomic mass is 10.2. The number of imidazole rings is 1. The number of halogens is 1. The number of hydrogen-bond acceptors (Lipinski definition) is 3.